The molecule has 0 fully saturated rings. The molecule has 0 spiro atoms. The molecule has 0 saturated carbocycles. The molecule has 1 N–H and O–H groups in total. The van der Waals surface area contributed by atoms with Crippen molar-refractivity contribution in [2.75, 3.05) is 5.32 Å². The first-order valence-corrected chi connectivity index (χ1v) is 7.80. The zero-order chi connectivity index (χ0) is 16.5. The molecule has 4 rings (SSSR count). The van der Waals surface area contributed by atoms with E-state index in [0.29, 0.717) is 5.82 Å². The number of nitrogens with zero attached hydrogens (tertiary/aromatic N) is 5. The quantitative estimate of drug-likeness (QED) is 0.626. The summed E-state index contributed by atoms with van der Waals surface area (Å²) in [4.78, 5) is 12.4. The molecule has 0 bridgehead atoms. The Morgan fingerprint density at radius 3 is 2.62 bits per heavy atom. The van der Waals surface area contributed by atoms with Crippen LogP contribution in [0.15, 0.2) is 48.5 Å². The van der Waals surface area contributed by atoms with Crippen molar-refractivity contribution in [2.24, 2.45) is 0 Å². The van der Waals surface area contributed by atoms with Crippen molar-refractivity contribution in [1.82, 2.24) is 24.8 Å². The number of aryl methyl sites for hydroxylation is 1. The van der Waals surface area contributed by atoms with E-state index in [1.807, 2.05) is 60.1 Å². The predicted molar refractivity (Wildman–Crippen MR) is 91.6 cm³/mol. The van der Waals surface area contributed by atoms with E-state index >= 15 is 0 Å². The highest BCUT2D eigenvalue weighted by atomic mass is 16.2. The number of hydrogen-bond donors (Lipinski definition) is 1. The van der Waals surface area contributed by atoms with E-state index in [4.69, 9.17) is 0 Å². The van der Waals surface area contributed by atoms with Crippen molar-refractivity contribution in [1.29, 1.82) is 0 Å². The van der Waals surface area contributed by atoms with E-state index in [0.717, 1.165) is 28.5 Å². The molecule has 2 heterocycles. The van der Waals surface area contributed by atoms with Crippen LogP contribution in [0.3, 0.4) is 0 Å². The van der Waals surface area contributed by atoms with Crippen LogP contribution in [-0.4, -0.2) is 30.7 Å². The van der Waals surface area contributed by atoms with Crippen LogP contribution < -0.4 is 5.32 Å². The van der Waals surface area contributed by atoms with Gasteiger partial charge in [0.2, 0.25) is 5.91 Å². The smallest absolute Gasteiger partial charge is 0.247 e. The normalized spacial score (nSPS) is 11.2. The van der Waals surface area contributed by atoms with Gasteiger partial charge in [-0.1, -0.05) is 29.5 Å². The van der Waals surface area contributed by atoms with Gasteiger partial charge in [0.1, 0.15) is 12.1 Å². The van der Waals surface area contributed by atoms with Gasteiger partial charge in [0.05, 0.1) is 11.0 Å². The minimum Gasteiger partial charge on any atom is -0.307 e. The summed E-state index contributed by atoms with van der Waals surface area (Å²) in [6.07, 6.45) is 0. The average Bonchev–Trinajstić information content (AvgIpc) is 3.17. The molecule has 1 amide bonds. The molecule has 0 unspecified atom stereocenters. The fourth-order valence-corrected chi connectivity index (χ4v) is 2.80. The van der Waals surface area contributed by atoms with Gasteiger partial charge in [-0.15, -0.1) is 5.10 Å². The van der Waals surface area contributed by atoms with Crippen molar-refractivity contribution >= 4 is 33.7 Å². The van der Waals surface area contributed by atoms with E-state index in [9.17, 15) is 4.79 Å². The number of nitrogens with one attached hydrogen (secondary N) is 1. The van der Waals surface area contributed by atoms with Gasteiger partial charge in [0, 0.05) is 11.9 Å². The minimum absolute atomic E-state index is 0.0911. The second kappa shape index (κ2) is 5.77. The Hall–Kier alpha value is -3.22. The maximum atomic E-state index is 12.4. The van der Waals surface area contributed by atoms with Gasteiger partial charge < -0.3 is 5.32 Å². The summed E-state index contributed by atoms with van der Waals surface area (Å²) in [7, 11) is 0. The van der Waals surface area contributed by atoms with E-state index in [1.54, 1.807) is 4.68 Å². The topological polar surface area (TPSA) is 77.6 Å². The lowest BCUT2D eigenvalue weighted by Crippen LogP contribution is -2.20. The maximum absolute atomic E-state index is 12.4. The van der Waals surface area contributed by atoms with Crippen molar-refractivity contribution in [3.63, 3.8) is 0 Å². The third-order valence-electron chi connectivity index (χ3n) is 3.93. The van der Waals surface area contributed by atoms with Crippen LogP contribution in [0.2, 0.25) is 0 Å². The number of aromatic nitrogens is 5. The van der Waals surface area contributed by atoms with Crippen LogP contribution in [0.25, 0.3) is 21.9 Å². The minimum atomic E-state index is -0.183. The summed E-state index contributed by atoms with van der Waals surface area (Å²) < 4.78 is 3.46. The molecule has 0 radical (unpaired) electrons. The molecule has 4 aromatic rings. The van der Waals surface area contributed by atoms with Crippen LogP contribution in [0, 0.1) is 0 Å². The monoisotopic (exact) mass is 320 g/mol. The second-order valence-electron chi connectivity index (χ2n) is 5.47. The first kappa shape index (κ1) is 14.4. The highest BCUT2D eigenvalue weighted by Gasteiger charge is 2.13. The number of anilines is 1. The van der Waals surface area contributed by atoms with Crippen molar-refractivity contribution < 1.29 is 4.79 Å². The third-order valence-corrected chi connectivity index (χ3v) is 3.93. The van der Waals surface area contributed by atoms with Crippen molar-refractivity contribution in [3.8, 4) is 0 Å². The fraction of sp³-hybridized carbons (Fsp3) is 0.176. The standard InChI is InChI=1S/C17H16N6O/c1-2-22-14-9-5-3-7-12(14)17(20-22)18-16(24)11-23-15-10-6-4-8-13(15)19-21-23/h3-10H,2,11H2,1H3,(H,18,20,24). The molecule has 0 atom stereocenters. The maximum Gasteiger partial charge on any atom is 0.247 e. The van der Waals surface area contributed by atoms with Crippen LogP contribution in [0.4, 0.5) is 5.82 Å². The van der Waals surface area contributed by atoms with E-state index in [1.165, 1.54) is 0 Å². The molecule has 0 aliphatic rings. The fourth-order valence-electron chi connectivity index (χ4n) is 2.80. The van der Waals surface area contributed by atoms with Crippen molar-refractivity contribution in [3.05, 3.63) is 48.5 Å². The zero-order valence-electron chi connectivity index (χ0n) is 13.2. The molecular weight excluding hydrogens is 304 g/mol. The Bertz CT molecular complexity index is 1030. The summed E-state index contributed by atoms with van der Waals surface area (Å²) in [5, 5.41) is 16.4. The van der Waals surface area contributed by atoms with Gasteiger partial charge >= 0.3 is 0 Å². The number of fused-ring (bicyclic) bond motifs is 2. The molecule has 2 aromatic heterocycles. The molecule has 0 saturated heterocycles. The van der Waals surface area contributed by atoms with Crippen LogP contribution >= 0.6 is 0 Å². The van der Waals surface area contributed by atoms with Crippen LogP contribution in [-0.2, 0) is 17.9 Å². The third kappa shape index (κ3) is 2.40. The Morgan fingerprint density at radius 1 is 1.04 bits per heavy atom. The Kier molecular flexibility index (Phi) is 3.45. The lowest BCUT2D eigenvalue weighted by molar-refractivity contribution is -0.116. The number of rotatable bonds is 4. The largest absolute Gasteiger partial charge is 0.307 e. The van der Waals surface area contributed by atoms with Gasteiger partial charge in [-0.25, -0.2) is 4.68 Å². The molecule has 7 nitrogen and oxygen atoms in total. The van der Waals surface area contributed by atoms with Gasteiger partial charge in [-0.3, -0.25) is 9.48 Å². The Balaban J connectivity index is 1.60. The second-order valence-corrected chi connectivity index (χ2v) is 5.47. The molecule has 7 heteroatoms. The summed E-state index contributed by atoms with van der Waals surface area (Å²) in [5.41, 5.74) is 2.60. The van der Waals surface area contributed by atoms with Gasteiger partial charge in [-0.05, 0) is 31.2 Å². The summed E-state index contributed by atoms with van der Waals surface area (Å²) in [5.74, 6) is 0.388. The zero-order valence-corrected chi connectivity index (χ0v) is 13.2. The number of carbonyl (C=O) groups excluding carboxylic acids is 1. The number of benzene rings is 2. The molecule has 0 aliphatic heterocycles. The highest BCUT2D eigenvalue weighted by Crippen LogP contribution is 2.22. The summed E-state index contributed by atoms with van der Waals surface area (Å²) >= 11 is 0. The van der Waals surface area contributed by atoms with Crippen molar-refractivity contribution in [2.45, 2.75) is 20.0 Å². The Morgan fingerprint density at radius 2 is 1.79 bits per heavy atom. The van der Waals surface area contributed by atoms with Gasteiger partial charge in [-0.2, -0.15) is 5.10 Å². The van der Waals surface area contributed by atoms with Gasteiger partial charge in [0.25, 0.3) is 0 Å². The lowest BCUT2D eigenvalue weighted by Gasteiger charge is -2.03. The Labute approximate surface area is 137 Å². The molecular formula is C17H16N6O. The predicted octanol–water partition coefficient (Wildman–Crippen LogP) is 2.44. The van der Waals surface area contributed by atoms with Gasteiger partial charge in [0.15, 0.2) is 5.82 Å². The molecule has 24 heavy (non-hydrogen) atoms. The van der Waals surface area contributed by atoms with Crippen LogP contribution in [0.5, 0.6) is 0 Å². The number of hydrogen-bond acceptors (Lipinski definition) is 4. The van der Waals surface area contributed by atoms with E-state index < -0.39 is 0 Å². The number of carbonyl (C=O) groups is 1. The van der Waals surface area contributed by atoms with Crippen LogP contribution in [0.1, 0.15) is 6.92 Å². The summed E-state index contributed by atoms with van der Waals surface area (Å²) in [6, 6.07) is 15.4. The average molecular weight is 320 g/mol. The SMILES string of the molecule is CCn1nc(NC(=O)Cn2nnc3ccccc32)c2ccccc21. The highest BCUT2D eigenvalue weighted by molar-refractivity contribution is 6.00. The molecule has 2 aromatic carbocycles. The first-order chi connectivity index (χ1) is 11.8. The number of amides is 1. The molecule has 0 aliphatic carbocycles. The van der Waals surface area contributed by atoms with E-state index in [2.05, 4.69) is 20.7 Å². The lowest BCUT2D eigenvalue weighted by atomic mass is 10.2. The summed E-state index contributed by atoms with van der Waals surface area (Å²) in [6.45, 7) is 2.85. The number of para-hydroxylation sites is 2. The molecule has 120 valence electrons. The van der Waals surface area contributed by atoms with E-state index in [-0.39, 0.29) is 12.5 Å². The first-order valence-electron chi connectivity index (χ1n) is 7.80.